The van der Waals surface area contributed by atoms with E-state index in [-0.39, 0.29) is 23.1 Å². The SMILES string of the molecule is CCOCC(C)OC(=O)c1ccc(N)c(O)c1. The summed E-state index contributed by atoms with van der Waals surface area (Å²) in [5, 5.41) is 9.37. The highest BCUT2D eigenvalue weighted by Crippen LogP contribution is 2.21. The van der Waals surface area contributed by atoms with Crippen molar-refractivity contribution < 1.29 is 19.4 Å². The lowest BCUT2D eigenvalue weighted by Crippen LogP contribution is -2.20. The normalized spacial score (nSPS) is 12.1. The molecule has 5 heteroatoms. The van der Waals surface area contributed by atoms with Gasteiger partial charge in [-0.3, -0.25) is 0 Å². The van der Waals surface area contributed by atoms with Crippen LogP contribution in [0.4, 0.5) is 5.69 Å². The number of phenolic OH excluding ortho intramolecular Hbond substituents is 1. The second-order valence-corrected chi connectivity index (χ2v) is 3.65. The van der Waals surface area contributed by atoms with E-state index in [0.29, 0.717) is 13.2 Å². The lowest BCUT2D eigenvalue weighted by Gasteiger charge is -2.13. The minimum absolute atomic E-state index is 0.128. The fourth-order valence-corrected chi connectivity index (χ4v) is 1.24. The predicted octanol–water partition coefficient (Wildman–Crippen LogP) is 1.56. The number of nitrogen functional groups attached to an aromatic ring is 1. The van der Waals surface area contributed by atoms with Crippen LogP contribution >= 0.6 is 0 Å². The Morgan fingerprint density at radius 2 is 2.24 bits per heavy atom. The third-order valence-corrected chi connectivity index (χ3v) is 2.13. The molecule has 5 nitrogen and oxygen atoms in total. The van der Waals surface area contributed by atoms with Crippen LogP contribution in [0, 0.1) is 0 Å². The molecule has 0 saturated carbocycles. The summed E-state index contributed by atoms with van der Waals surface area (Å²) >= 11 is 0. The maximum atomic E-state index is 11.7. The van der Waals surface area contributed by atoms with Crippen LogP contribution in [-0.2, 0) is 9.47 Å². The number of phenols is 1. The van der Waals surface area contributed by atoms with Crippen molar-refractivity contribution in [3.63, 3.8) is 0 Å². The minimum atomic E-state index is -0.507. The molecule has 3 N–H and O–H groups in total. The summed E-state index contributed by atoms with van der Waals surface area (Å²) in [7, 11) is 0. The molecule has 1 unspecified atom stereocenters. The van der Waals surface area contributed by atoms with Crippen molar-refractivity contribution in [2.75, 3.05) is 18.9 Å². The number of aromatic hydroxyl groups is 1. The lowest BCUT2D eigenvalue weighted by molar-refractivity contribution is 0.00437. The zero-order chi connectivity index (χ0) is 12.8. The number of carbonyl (C=O) groups excluding carboxylic acids is 1. The summed E-state index contributed by atoms with van der Waals surface area (Å²) in [4.78, 5) is 11.7. The van der Waals surface area contributed by atoms with Crippen LogP contribution in [0.3, 0.4) is 0 Å². The molecule has 0 aliphatic carbocycles. The molecule has 0 spiro atoms. The third kappa shape index (κ3) is 3.96. The monoisotopic (exact) mass is 239 g/mol. The third-order valence-electron chi connectivity index (χ3n) is 2.13. The molecule has 17 heavy (non-hydrogen) atoms. The fraction of sp³-hybridized carbons (Fsp3) is 0.417. The Morgan fingerprint density at radius 1 is 1.53 bits per heavy atom. The number of esters is 1. The highest BCUT2D eigenvalue weighted by atomic mass is 16.6. The Bertz CT molecular complexity index is 392. The van der Waals surface area contributed by atoms with Gasteiger partial charge in [0.25, 0.3) is 0 Å². The molecule has 0 saturated heterocycles. The van der Waals surface area contributed by atoms with Gasteiger partial charge in [-0.05, 0) is 32.0 Å². The van der Waals surface area contributed by atoms with Gasteiger partial charge in [0.2, 0.25) is 0 Å². The summed E-state index contributed by atoms with van der Waals surface area (Å²) in [6, 6.07) is 4.25. The van der Waals surface area contributed by atoms with Crippen molar-refractivity contribution in [1.82, 2.24) is 0 Å². The molecule has 0 heterocycles. The van der Waals surface area contributed by atoms with Crippen molar-refractivity contribution >= 4 is 11.7 Å². The predicted molar refractivity (Wildman–Crippen MR) is 63.9 cm³/mol. The van der Waals surface area contributed by atoms with E-state index in [1.54, 1.807) is 6.92 Å². The molecule has 0 aliphatic heterocycles. The molecule has 1 rings (SSSR count). The van der Waals surface area contributed by atoms with Gasteiger partial charge in [0.15, 0.2) is 0 Å². The van der Waals surface area contributed by atoms with E-state index in [9.17, 15) is 9.90 Å². The molecule has 0 bridgehead atoms. The topological polar surface area (TPSA) is 81.8 Å². The first kappa shape index (κ1) is 13.3. The zero-order valence-electron chi connectivity index (χ0n) is 9.97. The Kier molecular flexibility index (Phi) is 4.78. The van der Waals surface area contributed by atoms with Gasteiger partial charge in [0, 0.05) is 6.61 Å². The maximum Gasteiger partial charge on any atom is 0.338 e. The number of rotatable bonds is 5. The Balaban J connectivity index is 2.60. The van der Waals surface area contributed by atoms with E-state index >= 15 is 0 Å². The van der Waals surface area contributed by atoms with Crippen molar-refractivity contribution in [2.45, 2.75) is 20.0 Å². The number of hydrogen-bond donors (Lipinski definition) is 2. The summed E-state index contributed by atoms with van der Waals surface area (Å²) in [5.74, 6) is -0.635. The molecular weight excluding hydrogens is 222 g/mol. The zero-order valence-corrected chi connectivity index (χ0v) is 9.97. The van der Waals surface area contributed by atoms with Crippen molar-refractivity contribution in [1.29, 1.82) is 0 Å². The number of benzene rings is 1. The van der Waals surface area contributed by atoms with E-state index in [1.165, 1.54) is 18.2 Å². The molecule has 0 aromatic heterocycles. The van der Waals surface area contributed by atoms with E-state index in [0.717, 1.165) is 0 Å². The Hall–Kier alpha value is -1.75. The van der Waals surface area contributed by atoms with Crippen LogP contribution in [0.5, 0.6) is 5.75 Å². The quantitative estimate of drug-likeness (QED) is 0.463. The largest absolute Gasteiger partial charge is 0.506 e. The van der Waals surface area contributed by atoms with Gasteiger partial charge < -0.3 is 20.3 Å². The second kappa shape index (κ2) is 6.10. The molecule has 0 fully saturated rings. The molecule has 1 atom stereocenters. The number of carbonyl (C=O) groups is 1. The molecule has 1 aromatic rings. The lowest BCUT2D eigenvalue weighted by atomic mass is 10.2. The van der Waals surface area contributed by atoms with Crippen molar-refractivity contribution in [2.24, 2.45) is 0 Å². The van der Waals surface area contributed by atoms with Crippen LogP contribution in [0.25, 0.3) is 0 Å². The second-order valence-electron chi connectivity index (χ2n) is 3.65. The van der Waals surface area contributed by atoms with Gasteiger partial charge in [-0.2, -0.15) is 0 Å². The number of anilines is 1. The fourth-order valence-electron chi connectivity index (χ4n) is 1.24. The molecule has 0 amide bonds. The van der Waals surface area contributed by atoms with Crippen LogP contribution in [0.15, 0.2) is 18.2 Å². The Morgan fingerprint density at radius 3 is 2.82 bits per heavy atom. The van der Waals surface area contributed by atoms with Gasteiger partial charge in [-0.1, -0.05) is 0 Å². The van der Waals surface area contributed by atoms with E-state index in [4.69, 9.17) is 15.2 Å². The first-order chi connectivity index (χ1) is 8.04. The van der Waals surface area contributed by atoms with Crippen LogP contribution in [0.1, 0.15) is 24.2 Å². The summed E-state index contributed by atoms with van der Waals surface area (Å²) in [5.41, 5.74) is 5.92. The minimum Gasteiger partial charge on any atom is -0.506 e. The number of hydrogen-bond acceptors (Lipinski definition) is 5. The summed E-state index contributed by atoms with van der Waals surface area (Å²) in [6.07, 6.45) is -0.331. The molecule has 1 aromatic carbocycles. The van der Waals surface area contributed by atoms with Crippen molar-refractivity contribution in [3.05, 3.63) is 23.8 Å². The standard InChI is InChI=1S/C12H17NO4/c1-3-16-7-8(2)17-12(15)9-4-5-10(13)11(14)6-9/h4-6,8,14H,3,7,13H2,1-2H3. The maximum absolute atomic E-state index is 11.7. The van der Waals surface area contributed by atoms with E-state index < -0.39 is 5.97 Å². The number of nitrogens with two attached hydrogens (primary N) is 1. The van der Waals surface area contributed by atoms with Crippen molar-refractivity contribution in [3.8, 4) is 5.75 Å². The van der Waals surface area contributed by atoms with Gasteiger partial charge in [-0.25, -0.2) is 4.79 Å². The highest BCUT2D eigenvalue weighted by Gasteiger charge is 2.13. The first-order valence-corrected chi connectivity index (χ1v) is 5.41. The molecule has 0 radical (unpaired) electrons. The van der Waals surface area contributed by atoms with Gasteiger partial charge in [0.05, 0.1) is 17.9 Å². The van der Waals surface area contributed by atoms with Crippen LogP contribution < -0.4 is 5.73 Å². The van der Waals surface area contributed by atoms with Crippen LogP contribution in [-0.4, -0.2) is 30.4 Å². The summed E-state index contributed by atoms with van der Waals surface area (Å²) in [6.45, 7) is 4.53. The average molecular weight is 239 g/mol. The van der Waals surface area contributed by atoms with Gasteiger partial charge in [0.1, 0.15) is 11.9 Å². The van der Waals surface area contributed by atoms with Crippen LogP contribution in [0.2, 0.25) is 0 Å². The molecular formula is C12H17NO4. The molecule has 94 valence electrons. The summed E-state index contributed by atoms with van der Waals surface area (Å²) < 4.78 is 10.2. The first-order valence-electron chi connectivity index (χ1n) is 5.41. The smallest absolute Gasteiger partial charge is 0.338 e. The highest BCUT2D eigenvalue weighted by molar-refractivity contribution is 5.90. The van der Waals surface area contributed by atoms with Gasteiger partial charge in [-0.15, -0.1) is 0 Å². The average Bonchev–Trinajstić information content (AvgIpc) is 2.30. The molecule has 0 aliphatic rings. The van der Waals surface area contributed by atoms with E-state index in [1.807, 2.05) is 6.92 Å². The van der Waals surface area contributed by atoms with Gasteiger partial charge >= 0.3 is 5.97 Å². The van der Waals surface area contributed by atoms with E-state index in [2.05, 4.69) is 0 Å². The number of ether oxygens (including phenoxy) is 2. The Labute approximate surface area is 100 Å².